The van der Waals surface area contributed by atoms with Crippen molar-refractivity contribution >= 4 is 11.3 Å². The molecule has 10 heavy (non-hydrogen) atoms. The van der Waals surface area contributed by atoms with E-state index in [4.69, 9.17) is 10.7 Å². The van der Waals surface area contributed by atoms with E-state index in [2.05, 4.69) is 6.07 Å². The summed E-state index contributed by atoms with van der Waals surface area (Å²) in [5.74, 6) is 0. The summed E-state index contributed by atoms with van der Waals surface area (Å²) < 4.78 is 1.63. The predicted octanol–water partition coefficient (Wildman–Crippen LogP) is 1.11. The van der Waals surface area contributed by atoms with Crippen LogP contribution in [0.5, 0.6) is 0 Å². The molecule has 0 aliphatic rings. The van der Waals surface area contributed by atoms with Crippen LogP contribution in [0.2, 0.25) is 0 Å². The van der Waals surface area contributed by atoms with Gasteiger partial charge in [0.25, 0.3) is 0 Å². The van der Waals surface area contributed by atoms with Crippen LogP contribution in [0.4, 0.5) is 0 Å². The van der Waals surface area contributed by atoms with Gasteiger partial charge in [0.05, 0.1) is 6.07 Å². The molecular weight excluding hydrogens is 146 g/mol. The van der Waals surface area contributed by atoms with E-state index in [0.717, 1.165) is 0 Å². The number of aromatic nitrogens is 1. The Morgan fingerprint density at radius 1 is 1.90 bits per heavy atom. The molecule has 0 aromatic carbocycles. The second-order valence-corrected chi connectivity index (χ2v) is 2.82. The molecule has 3 nitrogen and oxygen atoms in total. The van der Waals surface area contributed by atoms with Crippen molar-refractivity contribution in [2.45, 2.75) is 13.0 Å². The number of nitriles is 1. The lowest BCUT2D eigenvalue weighted by atomic mass is 10.4. The maximum absolute atomic E-state index is 8.48. The second-order valence-electron chi connectivity index (χ2n) is 1.92. The van der Waals surface area contributed by atoms with Gasteiger partial charge in [0.15, 0.2) is 4.80 Å². The Morgan fingerprint density at radius 3 is 3.00 bits per heavy atom. The molecule has 0 spiro atoms. The molecule has 0 aliphatic carbocycles. The summed E-state index contributed by atoms with van der Waals surface area (Å²) in [6.45, 7) is 1.77. The van der Waals surface area contributed by atoms with Gasteiger partial charge in [0.1, 0.15) is 6.04 Å². The van der Waals surface area contributed by atoms with E-state index in [0.29, 0.717) is 4.80 Å². The largest absolute Gasteiger partial charge is 0.308 e. The van der Waals surface area contributed by atoms with Gasteiger partial charge in [-0.25, -0.2) is 0 Å². The molecule has 1 rings (SSSR count). The van der Waals surface area contributed by atoms with Crippen LogP contribution < -0.4 is 4.80 Å². The topological polar surface area (TPSA) is 52.6 Å². The van der Waals surface area contributed by atoms with E-state index in [1.165, 1.54) is 11.3 Å². The summed E-state index contributed by atoms with van der Waals surface area (Å²) >= 11 is 1.33. The van der Waals surface area contributed by atoms with E-state index in [1.54, 1.807) is 23.1 Å². The van der Waals surface area contributed by atoms with Crippen molar-refractivity contribution in [2.75, 3.05) is 0 Å². The van der Waals surface area contributed by atoms with Crippen molar-refractivity contribution in [3.8, 4) is 6.07 Å². The number of hydrogen-bond donors (Lipinski definition) is 1. The third-order valence-electron chi connectivity index (χ3n) is 1.24. The molecule has 0 saturated heterocycles. The fourth-order valence-corrected chi connectivity index (χ4v) is 1.32. The zero-order chi connectivity index (χ0) is 7.56. The molecule has 0 amide bonds. The van der Waals surface area contributed by atoms with Gasteiger partial charge in [-0.3, -0.25) is 5.41 Å². The van der Waals surface area contributed by atoms with Crippen molar-refractivity contribution in [3.63, 3.8) is 0 Å². The van der Waals surface area contributed by atoms with Crippen LogP contribution >= 0.6 is 11.3 Å². The Hall–Kier alpha value is -1.08. The van der Waals surface area contributed by atoms with Gasteiger partial charge >= 0.3 is 0 Å². The zero-order valence-electron chi connectivity index (χ0n) is 5.53. The van der Waals surface area contributed by atoms with Crippen molar-refractivity contribution < 1.29 is 0 Å². The minimum atomic E-state index is -0.223. The van der Waals surface area contributed by atoms with E-state index in [-0.39, 0.29) is 6.04 Å². The normalized spacial score (nSPS) is 12.4. The molecule has 0 saturated carbocycles. The minimum absolute atomic E-state index is 0.223. The summed E-state index contributed by atoms with van der Waals surface area (Å²) in [6.07, 6.45) is 1.75. The van der Waals surface area contributed by atoms with Gasteiger partial charge in [-0.2, -0.15) is 5.26 Å². The number of nitrogens with one attached hydrogen (secondary N) is 1. The summed E-state index contributed by atoms with van der Waals surface area (Å²) in [5.41, 5.74) is 0. The van der Waals surface area contributed by atoms with E-state index < -0.39 is 0 Å². The Bertz CT molecular complexity index is 303. The molecule has 1 aromatic rings. The highest BCUT2D eigenvalue weighted by Gasteiger charge is 2.00. The van der Waals surface area contributed by atoms with Crippen LogP contribution in [-0.2, 0) is 0 Å². The number of rotatable bonds is 1. The van der Waals surface area contributed by atoms with Crippen LogP contribution in [0.25, 0.3) is 0 Å². The van der Waals surface area contributed by atoms with E-state index >= 15 is 0 Å². The van der Waals surface area contributed by atoms with Crippen molar-refractivity contribution in [1.29, 1.82) is 10.7 Å². The SMILES string of the molecule is CC(C#N)n1ccsc1=N. The molecule has 4 heteroatoms. The lowest BCUT2D eigenvalue weighted by molar-refractivity contribution is 0.647. The minimum Gasteiger partial charge on any atom is -0.308 e. The average Bonchev–Trinajstić information content (AvgIpc) is 2.34. The Kier molecular flexibility index (Phi) is 1.88. The first-order chi connectivity index (χ1) is 4.75. The zero-order valence-corrected chi connectivity index (χ0v) is 6.35. The number of nitrogens with zero attached hydrogens (tertiary/aromatic N) is 2. The van der Waals surface area contributed by atoms with Crippen LogP contribution in [-0.4, -0.2) is 4.57 Å². The third-order valence-corrected chi connectivity index (χ3v) is 1.93. The van der Waals surface area contributed by atoms with E-state index in [1.807, 2.05) is 0 Å². The molecule has 52 valence electrons. The van der Waals surface area contributed by atoms with Gasteiger partial charge in [0.2, 0.25) is 0 Å². The highest BCUT2D eigenvalue weighted by molar-refractivity contribution is 7.06. The molecule has 1 atom stereocenters. The van der Waals surface area contributed by atoms with Crippen LogP contribution in [0.1, 0.15) is 13.0 Å². The Labute approximate surface area is 62.7 Å². The van der Waals surface area contributed by atoms with Crippen LogP contribution in [0.3, 0.4) is 0 Å². The van der Waals surface area contributed by atoms with Gasteiger partial charge in [-0.1, -0.05) is 0 Å². The first-order valence-electron chi connectivity index (χ1n) is 2.85. The predicted molar refractivity (Wildman–Crippen MR) is 38.5 cm³/mol. The van der Waals surface area contributed by atoms with Crippen LogP contribution in [0.15, 0.2) is 11.6 Å². The number of hydrogen-bond acceptors (Lipinski definition) is 3. The fourth-order valence-electron chi connectivity index (χ4n) is 0.656. The van der Waals surface area contributed by atoms with Crippen molar-refractivity contribution in [1.82, 2.24) is 4.57 Å². The van der Waals surface area contributed by atoms with Gasteiger partial charge in [0, 0.05) is 11.6 Å². The molecule has 0 aliphatic heterocycles. The van der Waals surface area contributed by atoms with E-state index in [9.17, 15) is 0 Å². The molecule has 0 radical (unpaired) electrons. The van der Waals surface area contributed by atoms with Crippen LogP contribution in [0, 0.1) is 16.7 Å². The third kappa shape index (κ3) is 1.09. The van der Waals surface area contributed by atoms with Crippen molar-refractivity contribution in [3.05, 3.63) is 16.4 Å². The molecule has 1 unspecified atom stereocenters. The molecule has 0 bridgehead atoms. The summed E-state index contributed by atoms with van der Waals surface area (Å²) in [6, 6.07) is 1.83. The molecular formula is C6H7N3S. The van der Waals surface area contributed by atoms with Gasteiger partial charge in [-0.05, 0) is 6.92 Å². The first kappa shape index (κ1) is 7.03. The van der Waals surface area contributed by atoms with Gasteiger partial charge in [-0.15, -0.1) is 11.3 Å². The quantitative estimate of drug-likeness (QED) is 0.645. The number of thiazole rings is 1. The summed E-state index contributed by atoms with van der Waals surface area (Å²) in [5, 5.41) is 17.6. The molecule has 1 aromatic heterocycles. The fraction of sp³-hybridized carbons (Fsp3) is 0.333. The maximum Gasteiger partial charge on any atom is 0.182 e. The average molecular weight is 153 g/mol. The van der Waals surface area contributed by atoms with Gasteiger partial charge < -0.3 is 4.57 Å². The highest BCUT2D eigenvalue weighted by Crippen LogP contribution is 2.00. The maximum atomic E-state index is 8.48. The Morgan fingerprint density at radius 2 is 2.60 bits per heavy atom. The standard InChI is InChI=1S/C6H7N3S/c1-5(4-7)9-2-3-10-6(9)8/h2-3,5,8H,1H3. The summed E-state index contributed by atoms with van der Waals surface area (Å²) in [7, 11) is 0. The second kappa shape index (κ2) is 2.67. The summed E-state index contributed by atoms with van der Waals surface area (Å²) in [4.78, 5) is 0.425. The molecule has 1 N–H and O–H groups in total. The lowest BCUT2D eigenvalue weighted by Gasteiger charge is -2.00. The van der Waals surface area contributed by atoms with Crippen molar-refractivity contribution in [2.24, 2.45) is 0 Å². The molecule has 0 fully saturated rings. The highest BCUT2D eigenvalue weighted by atomic mass is 32.1. The molecule has 1 heterocycles. The first-order valence-corrected chi connectivity index (χ1v) is 3.73. The lowest BCUT2D eigenvalue weighted by Crippen LogP contribution is -2.14. The Balaban J connectivity index is 3.08. The monoisotopic (exact) mass is 153 g/mol. The smallest absolute Gasteiger partial charge is 0.182 e.